The van der Waals surface area contributed by atoms with Gasteiger partial charge in [-0.25, -0.2) is 0 Å². The first kappa shape index (κ1) is 14.1. The average Bonchev–Trinajstić information content (AvgIpc) is 2.97. The lowest BCUT2D eigenvalue weighted by atomic mass is 10.0. The highest BCUT2D eigenvalue weighted by atomic mass is 16.2. The van der Waals surface area contributed by atoms with Crippen LogP contribution in [0.3, 0.4) is 0 Å². The van der Waals surface area contributed by atoms with Gasteiger partial charge in [-0.2, -0.15) is 0 Å². The summed E-state index contributed by atoms with van der Waals surface area (Å²) in [6.07, 6.45) is 6.99. The Morgan fingerprint density at radius 1 is 1.37 bits per heavy atom. The van der Waals surface area contributed by atoms with Crippen molar-refractivity contribution in [2.75, 3.05) is 11.9 Å². The van der Waals surface area contributed by atoms with Gasteiger partial charge in [0.15, 0.2) is 0 Å². The summed E-state index contributed by atoms with van der Waals surface area (Å²) in [5.41, 5.74) is 7.64. The topological polar surface area (TPSA) is 46.3 Å². The zero-order valence-corrected chi connectivity index (χ0v) is 11.8. The molecule has 1 amide bonds. The number of carbonyl (C=O) groups excluding carboxylic acids is 1. The fourth-order valence-corrected chi connectivity index (χ4v) is 2.83. The third-order valence-corrected chi connectivity index (χ3v) is 4.15. The number of rotatable bonds is 5. The van der Waals surface area contributed by atoms with Crippen LogP contribution in [0.1, 0.15) is 44.1 Å². The fraction of sp³-hybridized carbons (Fsp3) is 0.562. The van der Waals surface area contributed by atoms with Crippen molar-refractivity contribution in [3.8, 4) is 0 Å². The van der Waals surface area contributed by atoms with Crippen molar-refractivity contribution in [3.05, 3.63) is 29.8 Å². The lowest BCUT2D eigenvalue weighted by molar-refractivity contribution is -0.118. The van der Waals surface area contributed by atoms with E-state index in [1.54, 1.807) is 4.90 Å². The Kier molecular flexibility index (Phi) is 4.97. The highest BCUT2D eigenvalue weighted by molar-refractivity contribution is 5.92. The summed E-state index contributed by atoms with van der Waals surface area (Å²) in [6.45, 7) is 0.512. The average molecular weight is 260 g/mol. The van der Waals surface area contributed by atoms with Gasteiger partial charge in [-0.05, 0) is 30.0 Å². The molecule has 19 heavy (non-hydrogen) atoms. The minimum Gasteiger partial charge on any atom is -0.326 e. The van der Waals surface area contributed by atoms with Crippen LogP contribution in [0.2, 0.25) is 0 Å². The lowest BCUT2D eigenvalue weighted by Crippen LogP contribution is -2.26. The number of hydrogen-bond donors (Lipinski definition) is 1. The van der Waals surface area contributed by atoms with Crippen molar-refractivity contribution < 1.29 is 4.79 Å². The Hall–Kier alpha value is -1.35. The third-order valence-electron chi connectivity index (χ3n) is 4.15. The van der Waals surface area contributed by atoms with Gasteiger partial charge in [0.1, 0.15) is 0 Å². The van der Waals surface area contributed by atoms with E-state index < -0.39 is 0 Å². The Morgan fingerprint density at radius 3 is 2.79 bits per heavy atom. The zero-order valence-electron chi connectivity index (χ0n) is 11.8. The second kappa shape index (κ2) is 6.71. The van der Waals surface area contributed by atoms with Crippen LogP contribution in [0, 0.1) is 5.92 Å². The van der Waals surface area contributed by atoms with E-state index in [0.29, 0.717) is 13.0 Å². The van der Waals surface area contributed by atoms with Gasteiger partial charge < -0.3 is 10.6 Å². The Balaban J connectivity index is 1.89. The molecule has 0 atom stereocenters. The number of carbonyl (C=O) groups is 1. The maximum absolute atomic E-state index is 12.2. The zero-order chi connectivity index (χ0) is 13.7. The number of hydrogen-bond acceptors (Lipinski definition) is 2. The monoisotopic (exact) mass is 260 g/mol. The molecule has 0 unspecified atom stereocenters. The van der Waals surface area contributed by atoms with Gasteiger partial charge in [-0.15, -0.1) is 0 Å². The summed E-state index contributed by atoms with van der Waals surface area (Å²) in [4.78, 5) is 14.0. The van der Waals surface area contributed by atoms with Gasteiger partial charge in [0.2, 0.25) is 5.91 Å². The van der Waals surface area contributed by atoms with Crippen molar-refractivity contribution in [1.29, 1.82) is 0 Å². The molecule has 0 radical (unpaired) electrons. The molecule has 3 nitrogen and oxygen atoms in total. The first-order valence-corrected chi connectivity index (χ1v) is 7.26. The molecule has 1 aromatic carbocycles. The molecule has 2 N–H and O–H groups in total. The van der Waals surface area contributed by atoms with Gasteiger partial charge in [0.25, 0.3) is 0 Å². The summed E-state index contributed by atoms with van der Waals surface area (Å²) in [5.74, 6) is 0.980. The molecule has 1 aliphatic carbocycles. The molecule has 1 fully saturated rings. The molecular weight excluding hydrogens is 236 g/mol. The summed E-state index contributed by atoms with van der Waals surface area (Å²) < 4.78 is 0. The minimum absolute atomic E-state index is 0.209. The van der Waals surface area contributed by atoms with Crippen LogP contribution in [0.4, 0.5) is 5.69 Å². The van der Waals surface area contributed by atoms with Crippen LogP contribution in [0.5, 0.6) is 0 Å². The number of nitrogens with zero attached hydrogens (tertiary/aromatic N) is 1. The van der Waals surface area contributed by atoms with E-state index in [1.165, 1.54) is 25.7 Å². The molecule has 0 aromatic heterocycles. The second-order valence-corrected chi connectivity index (χ2v) is 5.52. The van der Waals surface area contributed by atoms with Gasteiger partial charge in [-0.1, -0.05) is 37.8 Å². The smallest absolute Gasteiger partial charge is 0.226 e. The van der Waals surface area contributed by atoms with Crippen molar-refractivity contribution >= 4 is 11.6 Å². The van der Waals surface area contributed by atoms with E-state index in [1.807, 2.05) is 31.3 Å². The molecule has 104 valence electrons. The predicted molar refractivity (Wildman–Crippen MR) is 78.9 cm³/mol. The molecule has 1 aromatic rings. The number of benzene rings is 1. The number of nitrogens with two attached hydrogens (primary N) is 1. The van der Waals surface area contributed by atoms with Gasteiger partial charge >= 0.3 is 0 Å². The molecule has 1 aliphatic rings. The highest BCUT2D eigenvalue weighted by Gasteiger charge is 2.18. The first-order chi connectivity index (χ1) is 9.20. The predicted octanol–water partition coefficient (Wildman–Crippen LogP) is 3.08. The molecule has 0 heterocycles. The summed E-state index contributed by atoms with van der Waals surface area (Å²) in [5, 5.41) is 0. The minimum atomic E-state index is 0.209. The van der Waals surface area contributed by atoms with Crippen molar-refractivity contribution in [3.63, 3.8) is 0 Å². The van der Waals surface area contributed by atoms with E-state index in [-0.39, 0.29) is 5.91 Å². The largest absolute Gasteiger partial charge is 0.326 e. The molecule has 0 bridgehead atoms. The van der Waals surface area contributed by atoms with Crippen LogP contribution in [0.15, 0.2) is 24.3 Å². The van der Waals surface area contributed by atoms with Crippen LogP contribution in [-0.4, -0.2) is 13.0 Å². The van der Waals surface area contributed by atoms with Crippen LogP contribution >= 0.6 is 0 Å². The van der Waals surface area contributed by atoms with Crippen molar-refractivity contribution in [2.45, 2.75) is 45.1 Å². The summed E-state index contributed by atoms with van der Waals surface area (Å²) in [7, 11) is 1.85. The SMILES string of the molecule is CN(C(=O)CCC1CCCC1)c1cccc(CN)c1. The molecule has 0 spiro atoms. The van der Waals surface area contributed by atoms with Crippen LogP contribution in [0.25, 0.3) is 0 Å². The quantitative estimate of drug-likeness (QED) is 0.884. The number of amides is 1. The van der Waals surface area contributed by atoms with E-state index in [2.05, 4.69) is 0 Å². The number of anilines is 1. The maximum atomic E-state index is 12.2. The lowest BCUT2D eigenvalue weighted by Gasteiger charge is -2.19. The Labute approximate surface area is 115 Å². The highest BCUT2D eigenvalue weighted by Crippen LogP contribution is 2.29. The second-order valence-electron chi connectivity index (χ2n) is 5.52. The first-order valence-electron chi connectivity index (χ1n) is 7.26. The van der Waals surface area contributed by atoms with Crippen molar-refractivity contribution in [1.82, 2.24) is 0 Å². The molecule has 0 saturated heterocycles. The van der Waals surface area contributed by atoms with E-state index in [9.17, 15) is 4.79 Å². The van der Waals surface area contributed by atoms with Gasteiger partial charge in [0, 0.05) is 25.7 Å². The molecule has 0 aliphatic heterocycles. The molecule has 3 heteroatoms. The van der Waals surface area contributed by atoms with Crippen LogP contribution < -0.4 is 10.6 Å². The van der Waals surface area contributed by atoms with Gasteiger partial charge in [0.05, 0.1) is 0 Å². The Bertz CT molecular complexity index is 425. The van der Waals surface area contributed by atoms with Crippen molar-refractivity contribution in [2.24, 2.45) is 11.7 Å². The maximum Gasteiger partial charge on any atom is 0.226 e. The fourth-order valence-electron chi connectivity index (χ4n) is 2.83. The van der Waals surface area contributed by atoms with E-state index in [4.69, 9.17) is 5.73 Å². The Morgan fingerprint density at radius 2 is 2.11 bits per heavy atom. The molecule has 2 rings (SSSR count). The summed E-state index contributed by atoms with van der Waals surface area (Å²) >= 11 is 0. The third kappa shape index (κ3) is 3.80. The normalized spacial score (nSPS) is 15.7. The van der Waals surface area contributed by atoms with E-state index in [0.717, 1.165) is 23.6 Å². The molecular formula is C16H24N2O. The van der Waals surface area contributed by atoms with Gasteiger partial charge in [-0.3, -0.25) is 4.79 Å². The standard InChI is InChI=1S/C16H24N2O/c1-18(15-8-4-7-14(11-15)12-17)16(19)10-9-13-5-2-3-6-13/h4,7-8,11,13H,2-3,5-6,9-10,12,17H2,1H3. The summed E-state index contributed by atoms with van der Waals surface area (Å²) in [6, 6.07) is 7.90. The van der Waals surface area contributed by atoms with Crippen LogP contribution in [-0.2, 0) is 11.3 Å². The molecule has 1 saturated carbocycles. The van der Waals surface area contributed by atoms with E-state index >= 15 is 0 Å².